The summed E-state index contributed by atoms with van der Waals surface area (Å²) in [5.41, 5.74) is 18.1. The Balaban J connectivity index is 2.48. The molecule has 0 radical (unpaired) electrons. The lowest BCUT2D eigenvalue weighted by Crippen LogP contribution is -2.47. The van der Waals surface area contributed by atoms with Crippen molar-refractivity contribution in [2.24, 2.45) is 11.5 Å². The number of benzene rings is 2. The first kappa shape index (κ1) is 27.1. The van der Waals surface area contributed by atoms with Gasteiger partial charge in [0.25, 0.3) is 0 Å². The lowest BCUT2D eigenvalue weighted by molar-refractivity contribution is 0.289. The van der Waals surface area contributed by atoms with Gasteiger partial charge in [-0.25, -0.2) is 13.1 Å². The molecule has 0 fully saturated rings. The summed E-state index contributed by atoms with van der Waals surface area (Å²) in [6, 6.07) is 12.5. The Kier molecular flexibility index (Phi) is 10.6. The molecule has 0 bridgehead atoms. The molecular weight excluding hydrogens is 438 g/mol. The number of hydrazine groups is 1. The maximum absolute atomic E-state index is 11.7. The SMILES string of the molecule is Cc1cc(N(CCCO)N(CCNS(C)(=O)=O)c2ccc(CCN)c(C)c2)ccc1CCN. The first-order valence-electron chi connectivity index (χ1n) is 11.4. The molecule has 2 rings (SSSR count). The van der Waals surface area contributed by atoms with E-state index < -0.39 is 10.0 Å². The Hall–Kier alpha value is -2.17. The van der Waals surface area contributed by atoms with Crippen LogP contribution in [0.4, 0.5) is 11.4 Å². The van der Waals surface area contributed by atoms with Crippen LogP contribution in [0.3, 0.4) is 0 Å². The molecule has 184 valence electrons. The molecule has 0 aliphatic heterocycles. The summed E-state index contributed by atoms with van der Waals surface area (Å²) >= 11 is 0. The number of nitrogens with zero attached hydrogens (tertiary/aromatic N) is 2. The van der Waals surface area contributed by atoms with Gasteiger partial charge in [0.1, 0.15) is 0 Å². The van der Waals surface area contributed by atoms with Crippen LogP contribution in [-0.4, -0.2) is 59.1 Å². The van der Waals surface area contributed by atoms with Gasteiger partial charge in [-0.15, -0.1) is 0 Å². The Morgan fingerprint density at radius 2 is 1.36 bits per heavy atom. The van der Waals surface area contributed by atoms with Crippen molar-refractivity contribution in [3.05, 3.63) is 58.7 Å². The fourth-order valence-corrected chi connectivity index (χ4v) is 4.35. The largest absolute Gasteiger partial charge is 0.396 e. The average molecular weight is 478 g/mol. The molecule has 2 aromatic carbocycles. The van der Waals surface area contributed by atoms with Gasteiger partial charge >= 0.3 is 0 Å². The maximum atomic E-state index is 11.7. The summed E-state index contributed by atoms with van der Waals surface area (Å²) in [5.74, 6) is 0. The average Bonchev–Trinajstić information content (AvgIpc) is 2.75. The Morgan fingerprint density at radius 3 is 1.76 bits per heavy atom. The highest BCUT2D eigenvalue weighted by Gasteiger charge is 2.19. The second-order valence-corrected chi connectivity index (χ2v) is 10.1. The first-order valence-corrected chi connectivity index (χ1v) is 13.3. The lowest BCUT2D eigenvalue weighted by atomic mass is 10.0. The van der Waals surface area contributed by atoms with Gasteiger partial charge in [-0.05, 0) is 92.7 Å². The molecule has 0 unspecified atom stereocenters. The number of rotatable bonds is 14. The molecule has 0 spiro atoms. The zero-order valence-electron chi connectivity index (χ0n) is 20.0. The van der Waals surface area contributed by atoms with E-state index in [1.54, 1.807) is 0 Å². The summed E-state index contributed by atoms with van der Waals surface area (Å²) in [6.45, 7) is 6.62. The highest BCUT2D eigenvalue weighted by Crippen LogP contribution is 2.27. The number of hydrogen-bond donors (Lipinski definition) is 4. The molecule has 2 aromatic rings. The summed E-state index contributed by atoms with van der Waals surface area (Å²) < 4.78 is 25.9. The van der Waals surface area contributed by atoms with Crippen molar-refractivity contribution in [3.8, 4) is 0 Å². The van der Waals surface area contributed by atoms with Crippen LogP contribution in [0.2, 0.25) is 0 Å². The molecule has 9 heteroatoms. The molecule has 8 nitrogen and oxygen atoms in total. The van der Waals surface area contributed by atoms with Gasteiger partial charge < -0.3 is 16.6 Å². The summed E-state index contributed by atoms with van der Waals surface area (Å²) in [4.78, 5) is 0. The lowest BCUT2D eigenvalue weighted by Gasteiger charge is -2.39. The fraction of sp³-hybridized carbons (Fsp3) is 0.500. The minimum atomic E-state index is -3.31. The Bertz CT molecular complexity index is 998. The summed E-state index contributed by atoms with van der Waals surface area (Å²) in [6.07, 6.45) is 3.35. The van der Waals surface area contributed by atoms with Crippen LogP contribution in [0.5, 0.6) is 0 Å². The third-order valence-electron chi connectivity index (χ3n) is 5.58. The fourth-order valence-electron chi connectivity index (χ4n) is 3.89. The minimum absolute atomic E-state index is 0.0602. The predicted octanol–water partition coefficient (Wildman–Crippen LogP) is 1.47. The van der Waals surface area contributed by atoms with Crippen molar-refractivity contribution in [1.82, 2.24) is 4.72 Å². The van der Waals surface area contributed by atoms with Gasteiger partial charge in [0.2, 0.25) is 10.0 Å². The van der Waals surface area contributed by atoms with Crippen molar-refractivity contribution >= 4 is 21.4 Å². The van der Waals surface area contributed by atoms with Gasteiger partial charge in [-0.3, -0.25) is 10.0 Å². The van der Waals surface area contributed by atoms with Crippen molar-refractivity contribution in [1.29, 1.82) is 0 Å². The number of nitrogens with two attached hydrogens (primary N) is 2. The normalized spacial score (nSPS) is 11.6. The Labute approximate surface area is 198 Å². The smallest absolute Gasteiger partial charge is 0.208 e. The zero-order chi connectivity index (χ0) is 24.4. The number of sulfonamides is 1. The molecule has 0 amide bonds. The van der Waals surface area contributed by atoms with Crippen LogP contribution in [0.25, 0.3) is 0 Å². The monoisotopic (exact) mass is 477 g/mol. The van der Waals surface area contributed by atoms with Crippen LogP contribution in [0.1, 0.15) is 28.7 Å². The van der Waals surface area contributed by atoms with Crippen LogP contribution >= 0.6 is 0 Å². The molecule has 0 aliphatic rings. The topological polar surface area (TPSA) is 125 Å². The molecular formula is C24H39N5O3S. The van der Waals surface area contributed by atoms with Gasteiger partial charge in [0.15, 0.2) is 0 Å². The summed E-state index contributed by atoms with van der Waals surface area (Å²) in [5, 5.41) is 13.7. The molecule has 6 N–H and O–H groups in total. The zero-order valence-corrected chi connectivity index (χ0v) is 20.9. The second kappa shape index (κ2) is 12.9. The van der Waals surface area contributed by atoms with Gasteiger partial charge in [0.05, 0.1) is 24.2 Å². The second-order valence-electron chi connectivity index (χ2n) is 8.29. The summed E-state index contributed by atoms with van der Waals surface area (Å²) in [7, 11) is -3.31. The van der Waals surface area contributed by atoms with Crippen LogP contribution in [0, 0.1) is 13.8 Å². The van der Waals surface area contributed by atoms with E-state index in [1.165, 1.54) is 11.1 Å². The molecule has 0 saturated carbocycles. The van der Waals surface area contributed by atoms with Crippen molar-refractivity contribution in [2.45, 2.75) is 33.1 Å². The first-order chi connectivity index (χ1) is 15.7. The third-order valence-corrected chi connectivity index (χ3v) is 6.31. The highest BCUT2D eigenvalue weighted by molar-refractivity contribution is 7.88. The highest BCUT2D eigenvalue weighted by atomic mass is 32.2. The van der Waals surface area contributed by atoms with E-state index >= 15 is 0 Å². The van der Waals surface area contributed by atoms with E-state index in [9.17, 15) is 13.5 Å². The third kappa shape index (κ3) is 8.28. The minimum Gasteiger partial charge on any atom is -0.396 e. The van der Waals surface area contributed by atoms with Gasteiger partial charge in [-0.2, -0.15) is 0 Å². The van der Waals surface area contributed by atoms with E-state index in [4.69, 9.17) is 11.5 Å². The van der Waals surface area contributed by atoms with E-state index in [0.29, 0.717) is 32.6 Å². The van der Waals surface area contributed by atoms with E-state index in [0.717, 1.165) is 41.6 Å². The van der Waals surface area contributed by atoms with Crippen LogP contribution in [0.15, 0.2) is 36.4 Å². The van der Waals surface area contributed by atoms with Crippen LogP contribution < -0.4 is 26.2 Å². The van der Waals surface area contributed by atoms with Crippen molar-refractivity contribution in [2.75, 3.05) is 55.6 Å². The molecule has 0 aromatic heterocycles. The van der Waals surface area contributed by atoms with E-state index in [-0.39, 0.29) is 13.2 Å². The predicted molar refractivity (Wildman–Crippen MR) is 137 cm³/mol. The van der Waals surface area contributed by atoms with E-state index in [1.807, 2.05) is 6.07 Å². The number of nitrogens with one attached hydrogen (secondary N) is 1. The number of hydrogen-bond acceptors (Lipinski definition) is 7. The maximum Gasteiger partial charge on any atom is 0.208 e. The molecule has 0 saturated heterocycles. The number of aliphatic hydroxyl groups excluding tert-OH is 1. The number of aliphatic hydroxyl groups is 1. The van der Waals surface area contributed by atoms with Gasteiger partial charge in [-0.1, -0.05) is 12.1 Å². The molecule has 0 atom stereocenters. The Morgan fingerprint density at radius 1 is 0.879 bits per heavy atom. The number of aryl methyl sites for hydroxylation is 2. The quantitative estimate of drug-likeness (QED) is 0.304. The number of anilines is 2. The molecule has 0 heterocycles. The molecule has 33 heavy (non-hydrogen) atoms. The van der Waals surface area contributed by atoms with Crippen molar-refractivity contribution in [3.63, 3.8) is 0 Å². The van der Waals surface area contributed by atoms with Gasteiger partial charge in [0, 0.05) is 19.7 Å². The van der Waals surface area contributed by atoms with Crippen molar-refractivity contribution < 1.29 is 13.5 Å². The standard InChI is InChI=1S/C24H39N5O3S/c1-19-17-23(7-5-21(19)9-11-25)28(14-4-16-30)29(15-13-27-33(3,31)32)24-8-6-22(10-12-26)20(2)18-24/h5-8,17-18,27,30H,4,9-16,25-26H2,1-3H3. The van der Waals surface area contributed by atoms with E-state index in [2.05, 4.69) is 58.9 Å². The van der Waals surface area contributed by atoms with Crippen LogP contribution in [-0.2, 0) is 22.9 Å². The molecule has 0 aliphatic carbocycles.